The van der Waals surface area contributed by atoms with Gasteiger partial charge in [-0.15, -0.1) is 22.9 Å². The smallest absolute Gasteiger partial charge is 0.160 e. The van der Waals surface area contributed by atoms with Gasteiger partial charge in [0.15, 0.2) is 5.65 Å². The molecule has 3 rings (SSSR count). The zero-order valence-electron chi connectivity index (χ0n) is 11.6. The van der Waals surface area contributed by atoms with Crippen molar-refractivity contribution in [2.24, 2.45) is 0 Å². The Kier molecular flexibility index (Phi) is 3.48. The molecule has 3 heterocycles. The third kappa shape index (κ3) is 2.43. The third-order valence-electron chi connectivity index (χ3n) is 3.10. The number of hydrogen-bond acceptors (Lipinski definition) is 4. The summed E-state index contributed by atoms with van der Waals surface area (Å²) in [5.41, 5.74) is 2.76. The number of imidazole rings is 1. The van der Waals surface area contributed by atoms with Gasteiger partial charge in [0.1, 0.15) is 11.3 Å². The van der Waals surface area contributed by atoms with Gasteiger partial charge in [-0.2, -0.15) is 0 Å². The first kappa shape index (κ1) is 13.5. The molecule has 3 aromatic rings. The number of fused-ring (bicyclic) bond motifs is 1. The Morgan fingerprint density at radius 3 is 2.75 bits per heavy atom. The number of thiazole rings is 1. The van der Waals surface area contributed by atoms with Gasteiger partial charge in [-0.05, 0) is 32.9 Å². The molecule has 0 saturated heterocycles. The van der Waals surface area contributed by atoms with E-state index in [1.165, 1.54) is 4.88 Å². The van der Waals surface area contributed by atoms with Crippen LogP contribution in [0.5, 0.6) is 0 Å². The van der Waals surface area contributed by atoms with Crippen molar-refractivity contribution in [3.05, 3.63) is 39.7 Å². The van der Waals surface area contributed by atoms with Crippen LogP contribution in [0.2, 0.25) is 0 Å². The van der Waals surface area contributed by atoms with Gasteiger partial charge < -0.3 is 4.57 Å². The average Bonchev–Trinajstić information content (AvgIpc) is 2.95. The molecule has 1 atom stereocenters. The Morgan fingerprint density at radius 2 is 2.10 bits per heavy atom. The van der Waals surface area contributed by atoms with Crippen LogP contribution in [0, 0.1) is 13.8 Å². The quantitative estimate of drug-likeness (QED) is 0.690. The molecule has 0 aliphatic heterocycles. The van der Waals surface area contributed by atoms with Gasteiger partial charge >= 0.3 is 0 Å². The van der Waals surface area contributed by atoms with Crippen LogP contribution in [0.3, 0.4) is 0 Å². The predicted octanol–water partition coefficient (Wildman–Crippen LogP) is 3.85. The fraction of sp³-hybridized carbons (Fsp3) is 0.357. The topological polar surface area (TPSA) is 43.6 Å². The van der Waals surface area contributed by atoms with Crippen molar-refractivity contribution in [3.8, 4) is 0 Å². The number of aryl methyl sites for hydroxylation is 2. The van der Waals surface area contributed by atoms with Crippen LogP contribution < -0.4 is 0 Å². The van der Waals surface area contributed by atoms with E-state index >= 15 is 0 Å². The maximum absolute atomic E-state index is 6.27. The molecule has 0 radical (unpaired) electrons. The number of alkyl halides is 1. The van der Waals surface area contributed by atoms with E-state index in [4.69, 9.17) is 11.6 Å². The molecule has 0 fully saturated rings. The fourth-order valence-corrected chi connectivity index (χ4v) is 3.16. The second-order valence-corrected chi connectivity index (χ2v) is 6.79. The van der Waals surface area contributed by atoms with E-state index in [1.807, 2.05) is 39.1 Å². The number of hydrogen-bond donors (Lipinski definition) is 0. The summed E-state index contributed by atoms with van der Waals surface area (Å²) in [5, 5.41) is 0.910. The molecule has 6 heteroatoms. The third-order valence-corrected chi connectivity index (χ3v) is 4.19. The zero-order valence-corrected chi connectivity index (χ0v) is 13.2. The lowest BCUT2D eigenvalue weighted by Crippen LogP contribution is -2.05. The summed E-state index contributed by atoms with van der Waals surface area (Å²) in [6.07, 6.45) is 1.91. The SMILES string of the molecule is Cc1ccc2nc(C(C)Cl)n(Cc3cnc(C)s3)c2n1. The molecule has 0 spiro atoms. The van der Waals surface area contributed by atoms with Crippen molar-refractivity contribution in [1.82, 2.24) is 19.5 Å². The Labute approximate surface area is 126 Å². The largest absolute Gasteiger partial charge is 0.306 e. The number of nitrogens with zero attached hydrogens (tertiary/aromatic N) is 4. The standard InChI is InChI=1S/C14H15ClN4S/c1-8-4-5-12-14(17-8)19(13(18-12)9(2)15)7-11-6-16-10(3)20-11/h4-6,9H,7H2,1-3H3. The molecule has 0 bridgehead atoms. The second-order valence-electron chi connectivity index (χ2n) is 4.81. The first-order valence-electron chi connectivity index (χ1n) is 6.44. The van der Waals surface area contributed by atoms with E-state index in [1.54, 1.807) is 11.3 Å². The predicted molar refractivity (Wildman–Crippen MR) is 82.5 cm³/mol. The van der Waals surface area contributed by atoms with E-state index in [0.717, 1.165) is 27.7 Å². The van der Waals surface area contributed by atoms with E-state index in [2.05, 4.69) is 19.5 Å². The first-order chi connectivity index (χ1) is 9.54. The lowest BCUT2D eigenvalue weighted by atomic mass is 10.3. The molecule has 3 aromatic heterocycles. The Balaban J connectivity index is 2.15. The summed E-state index contributed by atoms with van der Waals surface area (Å²) in [6.45, 7) is 6.64. The minimum atomic E-state index is -0.154. The highest BCUT2D eigenvalue weighted by Crippen LogP contribution is 2.25. The molecule has 0 aliphatic carbocycles. The van der Waals surface area contributed by atoms with Crippen molar-refractivity contribution in [1.29, 1.82) is 0 Å². The van der Waals surface area contributed by atoms with Gasteiger partial charge in [0.25, 0.3) is 0 Å². The lowest BCUT2D eigenvalue weighted by molar-refractivity contribution is 0.742. The van der Waals surface area contributed by atoms with Crippen LogP contribution in [0.4, 0.5) is 0 Å². The maximum atomic E-state index is 6.27. The summed E-state index contributed by atoms with van der Waals surface area (Å²) in [6, 6.07) is 3.97. The number of pyridine rings is 1. The van der Waals surface area contributed by atoms with Crippen molar-refractivity contribution in [2.75, 3.05) is 0 Å². The second kappa shape index (κ2) is 5.14. The molecule has 0 amide bonds. The van der Waals surface area contributed by atoms with E-state index < -0.39 is 0 Å². The number of rotatable bonds is 3. The summed E-state index contributed by atoms with van der Waals surface area (Å²) in [5.74, 6) is 0.853. The summed E-state index contributed by atoms with van der Waals surface area (Å²) >= 11 is 7.96. The van der Waals surface area contributed by atoms with Gasteiger partial charge in [-0.25, -0.2) is 15.0 Å². The molecule has 0 aromatic carbocycles. The Bertz CT molecular complexity index is 760. The van der Waals surface area contributed by atoms with Gasteiger partial charge in [0.05, 0.1) is 16.9 Å². The summed E-state index contributed by atoms with van der Waals surface area (Å²) < 4.78 is 2.09. The summed E-state index contributed by atoms with van der Waals surface area (Å²) in [4.78, 5) is 14.7. The molecule has 4 nitrogen and oxygen atoms in total. The molecular weight excluding hydrogens is 292 g/mol. The first-order valence-corrected chi connectivity index (χ1v) is 7.69. The van der Waals surface area contributed by atoms with Crippen molar-refractivity contribution >= 4 is 34.1 Å². The highest BCUT2D eigenvalue weighted by Gasteiger charge is 2.17. The van der Waals surface area contributed by atoms with Gasteiger partial charge in [0.2, 0.25) is 0 Å². The highest BCUT2D eigenvalue weighted by molar-refractivity contribution is 7.11. The van der Waals surface area contributed by atoms with E-state index in [9.17, 15) is 0 Å². The van der Waals surface area contributed by atoms with Gasteiger partial charge in [-0.3, -0.25) is 0 Å². The van der Waals surface area contributed by atoms with E-state index in [-0.39, 0.29) is 5.38 Å². The zero-order chi connectivity index (χ0) is 14.3. The van der Waals surface area contributed by atoms with Crippen LogP contribution in [0.25, 0.3) is 11.2 Å². The molecule has 0 saturated carbocycles. The normalized spacial score (nSPS) is 13.0. The number of aromatic nitrogens is 4. The van der Waals surface area contributed by atoms with Crippen LogP contribution >= 0.6 is 22.9 Å². The Hall–Kier alpha value is -1.46. The van der Waals surface area contributed by atoms with Crippen LogP contribution in [-0.4, -0.2) is 19.5 Å². The molecule has 20 heavy (non-hydrogen) atoms. The van der Waals surface area contributed by atoms with Crippen molar-refractivity contribution in [2.45, 2.75) is 32.7 Å². The van der Waals surface area contributed by atoms with Crippen LogP contribution in [0.15, 0.2) is 18.3 Å². The Morgan fingerprint density at radius 1 is 1.30 bits per heavy atom. The lowest BCUT2D eigenvalue weighted by Gasteiger charge is -2.08. The monoisotopic (exact) mass is 306 g/mol. The van der Waals surface area contributed by atoms with Crippen molar-refractivity contribution in [3.63, 3.8) is 0 Å². The van der Waals surface area contributed by atoms with Gasteiger partial charge in [-0.1, -0.05) is 0 Å². The van der Waals surface area contributed by atoms with Crippen molar-refractivity contribution < 1.29 is 0 Å². The van der Waals surface area contributed by atoms with Gasteiger partial charge in [0, 0.05) is 16.8 Å². The average molecular weight is 307 g/mol. The molecule has 1 unspecified atom stereocenters. The molecule has 0 N–H and O–H groups in total. The van der Waals surface area contributed by atoms with Crippen LogP contribution in [0.1, 0.15) is 33.7 Å². The fourth-order valence-electron chi connectivity index (χ4n) is 2.21. The highest BCUT2D eigenvalue weighted by atomic mass is 35.5. The molecular formula is C14H15ClN4S. The maximum Gasteiger partial charge on any atom is 0.160 e. The molecule has 0 aliphatic rings. The van der Waals surface area contributed by atoms with Crippen LogP contribution in [-0.2, 0) is 6.54 Å². The molecule has 104 valence electrons. The van der Waals surface area contributed by atoms with E-state index in [0.29, 0.717) is 6.54 Å². The number of halogens is 1. The minimum Gasteiger partial charge on any atom is -0.306 e. The summed E-state index contributed by atoms with van der Waals surface area (Å²) in [7, 11) is 0. The minimum absolute atomic E-state index is 0.154.